The Balaban J connectivity index is 1.64. The summed E-state index contributed by atoms with van der Waals surface area (Å²) in [5, 5.41) is 2.85. The fourth-order valence-electron chi connectivity index (χ4n) is 3.35. The number of carbonyl (C=O) groups excluding carboxylic acids is 1. The van der Waals surface area contributed by atoms with Gasteiger partial charge in [0.1, 0.15) is 12.3 Å². The van der Waals surface area contributed by atoms with Crippen LogP contribution in [-0.4, -0.2) is 39.8 Å². The van der Waals surface area contributed by atoms with E-state index in [4.69, 9.17) is 4.74 Å². The zero-order chi connectivity index (χ0) is 25.3. The Bertz CT molecular complexity index is 1190. The number of aryl methyl sites for hydroxylation is 2. The molecule has 3 rings (SSSR count). The summed E-state index contributed by atoms with van der Waals surface area (Å²) in [4.78, 5) is 12.8. The van der Waals surface area contributed by atoms with Crippen LogP contribution >= 0.6 is 11.8 Å². The average molecular weight is 513 g/mol. The van der Waals surface area contributed by atoms with Gasteiger partial charge in [-0.25, -0.2) is 8.42 Å². The number of amides is 1. The van der Waals surface area contributed by atoms with E-state index < -0.39 is 10.0 Å². The molecule has 0 aromatic heterocycles. The highest BCUT2D eigenvalue weighted by atomic mass is 32.2. The summed E-state index contributed by atoms with van der Waals surface area (Å²) in [6.07, 6.45) is 0. The second-order valence-corrected chi connectivity index (χ2v) is 11.1. The van der Waals surface area contributed by atoms with Gasteiger partial charge in [-0.15, -0.1) is 0 Å². The lowest BCUT2D eigenvalue weighted by Crippen LogP contribution is -2.41. The van der Waals surface area contributed by atoms with Gasteiger partial charge in [-0.1, -0.05) is 47.5 Å². The van der Waals surface area contributed by atoms with E-state index in [1.807, 2.05) is 26.0 Å². The maximum Gasteiger partial charge on any atom is 0.264 e. The number of rotatable bonds is 12. The third kappa shape index (κ3) is 7.77. The molecule has 3 aromatic carbocycles. The highest BCUT2D eigenvalue weighted by molar-refractivity contribution is 7.98. The molecule has 186 valence electrons. The van der Waals surface area contributed by atoms with Crippen LogP contribution in [0.1, 0.15) is 23.6 Å². The van der Waals surface area contributed by atoms with Gasteiger partial charge in [0, 0.05) is 18.1 Å². The molecule has 0 radical (unpaired) electrons. The van der Waals surface area contributed by atoms with E-state index in [2.05, 4.69) is 36.5 Å². The van der Waals surface area contributed by atoms with Gasteiger partial charge >= 0.3 is 0 Å². The highest BCUT2D eigenvalue weighted by Gasteiger charge is 2.27. The van der Waals surface area contributed by atoms with Crippen LogP contribution in [0.15, 0.2) is 77.7 Å². The Hall–Kier alpha value is -2.97. The van der Waals surface area contributed by atoms with Crippen molar-refractivity contribution in [2.75, 3.05) is 29.8 Å². The van der Waals surface area contributed by atoms with Crippen molar-refractivity contribution in [3.05, 3.63) is 89.5 Å². The van der Waals surface area contributed by atoms with Crippen molar-refractivity contribution in [1.82, 2.24) is 5.32 Å². The smallest absolute Gasteiger partial charge is 0.264 e. The Morgan fingerprint density at radius 2 is 1.51 bits per heavy atom. The first-order chi connectivity index (χ1) is 16.8. The molecule has 0 unspecified atom stereocenters. The average Bonchev–Trinajstić information content (AvgIpc) is 2.85. The van der Waals surface area contributed by atoms with E-state index >= 15 is 0 Å². The number of hydrogen-bond acceptors (Lipinski definition) is 5. The molecule has 0 aliphatic rings. The fourth-order valence-corrected chi connectivity index (χ4v) is 5.59. The summed E-state index contributed by atoms with van der Waals surface area (Å²) in [5.41, 5.74) is 3.90. The maximum atomic E-state index is 13.5. The molecule has 0 saturated heterocycles. The lowest BCUT2D eigenvalue weighted by Gasteiger charge is -2.24. The van der Waals surface area contributed by atoms with Crippen molar-refractivity contribution in [3.63, 3.8) is 0 Å². The van der Waals surface area contributed by atoms with Crippen LogP contribution in [0.3, 0.4) is 0 Å². The van der Waals surface area contributed by atoms with Crippen molar-refractivity contribution < 1.29 is 17.9 Å². The van der Waals surface area contributed by atoms with Crippen LogP contribution < -0.4 is 14.4 Å². The Morgan fingerprint density at radius 1 is 0.914 bits per heavy atom. The molecular weight excluding hydrogens is 480 g/mol. The number of thioether (sulfide) groups is 1. The first kappa shape index (κ1) is 26.6. The van der Waals surface area contributed by atoms with Crippen molar-refractivity contribution in [3.8, 4) is 5.75 Å². The molecular formula is C27H32N2O4S2. The summed E-state index contributed by atoms with van der Waals surface area (Å²) in [6.45, 7) is 6.49. The molecule has 0 atom stereocenters. The van der Waals surface area contributed by atoms with E-state index in [1.165, 1.54) is 23.3 Å². The van der Waals surface area contributed by atoms with Crippen molar-refractivity contribution >= 4 is 33.4 Å². The summed E-state index contributed by atoms with van der Waals surface area (Å²) >= 11 is 1.72. The topological polar surface area (TPSA) is 75.7 Å². The summed E-state index contributed by atoms with van der Waals surface area (Å²) in [7, 11) is -3.96. The Kier molecular flexibility index (Phi) is 9.63. The molecule has 0 aliphatic heterocycles. The number of hydrogen-bond donors (Lipinski definition) is 1. The monoisotopic (exact) mass is 512 g/mol. The number of nitrogens with zero attached hydrogens (tertiary/aromatic N) is 1. The van der Waals surface area contributed by atoms with E-state index in [-0.39, 0.29) is 17.3 Å². The van der Waals surface area contributed by atoms with Crippen LogP contribution in [0.5, 0.6) is 5.75 Å². The minimum Gasteiger partial charge on any atom is -0.494 e. The van der Waals surface area contributed by atoms with Crippen LogP contribution in [-0.2, 0) is 20.6 Å². The number of anilines is 1. The molecule has 6 nitrogen and oxygen atoms in total. The van der Waals surface area contributed by atoms with E-state index in [9.17, 15) is 13.2 Å². The lowest BCUT2D eigenvalue weighted by atomic mass is 10.2. The molecule has 0 aliphatic carbocycles. The molecule has 0 fully saturated rings. The largest absolute Gasteiger partial charge is 0.494 e. The van der Waals surface area contributed by atoms with Crippen molar-refractivity contribution in [2.24, 2.45) is 0 Å². The van der Waals surface area contributed by atoms with Gasteiger partial charge in [0.25, 0.3) is 10.0 Å². The van der Waals surface area contributed by atoms with Crippen LogP contribution in [0, 0.1) is 13.8 Å². The van der Waals surface area contributed by atoms with Crippen molar-refractivity contribution in [1.29, 1.82) is 0 Å². The lowest BCUT2D eigenvalue weighted by molar-refractivity contribution is -0.119. The van der Waals surface area contributed by atoms with Gasteiger partial charge in [-0.05, 0) is 62.7 Å². The second kappa shape index (κ2) is 12.7. The number of ether oxygens (including phenoxy) is 1. The molecule has 0 bridgehead atoms. The van der Waals surface area contributed by atoms with Crippen LogP contribution in [0.4, 0.5) is 5.69 Å². The van der Waals surface area contributed by atoms with Gasteiger partial charge in [-0.2, -0.15) is 11.8 Å². The molecule has 8 heteroatoms. The van der Waals surface area contributed by atoms with Gasteiger partial charge in [0.05, 0.1) is 17.2 Å². The van der Waals surface area contributed by atoms with Gasteiger partial charge in [0.15, 0.2) is 0 Å². The highest BCUT2D eigenvalue weighted by Crippen LogP contribution is 2.25. The zero-order valence-corrected chi connectivity index (χ0v) is 22.0. The molecule has 1 amide bonds. The number of sulfonamides is 1. The minimum atomic E-state index is -3.96. The van der Waals surface area contributed by atoms with Crippen LogP contribution in [0.25, 0.3) is 0 Å². The quantitative estimate of drug-likeness (QED) is 0.348. The predicted molar refractivity (Wildman–Crippen MR) is 144 cm³/mol. The Morgan fingerprint density at radius 3 is 2.11 bits per heavy atom. The van der Waals surface area contributed by atoms with Crippen molar-refractivity contribution in [2.45, 2.75) is 31.4 Å². The summed E-state index contributed by atoms with van der Waals surface area (Å²) in [5.74, 6) is 1.83. The normalized spacial score (nSPS) is 11.2. The third-order valence-corrected chi connectivity index (χ3v) is 8.11. The molecule has 1 N–H and O–H groups in total. The predicted octanol–water partition coefficient (Wildman–Crippen LogP) is 4.95. The first-order valence-electron chi connectivity index (χ1n) is 11.5. The zero-order valence-electron chi connectivity index (χ0n) is 20.4. The summed E-state index contributed by atoms with van der Waals surface area (Å²) in [6, 6.07) is 21.7. The van der Waals surface area contributed by atoms with Gasteiger partial charge < -0.3 is 10.1 Å². The molecule has 0 spiro atoms. The maximum absolute atomic E-state index is 13.5. The number of nitrogens with one attached hydrogen (secondary N) is 1. The molecule has 35 heavy (non-hydrogen) atoms. The standard InChI is InChI=1S/C27H32N2O4S2/c1-4-33-25-13-15-26(16-14-25)35(31,32)29(24-11-7-22(3)8-12-24)19-27(30)28-17-18-34-20-23-9-5-21(2)6-10-23/h5-16H,4,17-20H2,1-3H3,(H,28,30). The van der Waals surface area contributed by atoms with Gasteiger partial charge in [-0.3, -0.25) is 9.10 Å². The first-order valence-corrected chi connectivity index (χ1v) is 14.1. The van der Waals surface area contributed by atoms with E-state index in [1.54, 1.807) is 36.0 Å². The molecule has 3 aromatic rings. The van der Waals surface area contributed by atoms with E-state index in [0.717, 1.165) is 21.4 Å². The number of carbonyl (C=O) groups is 1. The summed E-state index contributed by atoms with van der Waals surface area (Å²) < 4.78 is 33.5. The molecule has 0 saturated carbocycles. The number of benzene rings is 3. The van der Waals surface area contributed by atoms with Crippen LogP contribution in [0.2, 0.25) is 0 Å². The minimum absolute atomic E-state index is 0.1000. The van der Waals surface area contributed by atoms with Gasteiger partial charge in [0.2, 0.25) is 5.91 Å². The molecule has 0 heterocycles. The third-order valence-electron chi connectivity index (χ3n) is 5.29. The Labute approximate surface area is 212 Å². The fraction of sp³-hybridized carbons (Fsp3) is 0.296. The second-order valence-electron chi connectivity index (χ2n) is 8.14. The SMILES string of the molecule is CCOc1ccc(S(=O)(=O)N(CC(=O)NCCSCc2ccc(C)cc2)c2ccc(C)cc2)cc1. The van der Waals surface area contributed by atoms with E-state index in [0.29, 0.717) is 24.6 Å².